The van der Waals surface area contributed by atoms with Crippen molar-refractivity contribution in [3.8, 4) is 56.0 Å². The molecule has 0 aliphatic carbocycles. The number of fused-ring (bicyclic) bond motifs is 7. The van der Waals surface area contributed by atoms with Crippen LogP contribution in [0.25, 0.3) is 110 Å². The lowest BCUT2D eigenvalue weighted by molar-refractivity contribution is 1.18. The van der Waals surface area contributed by atoms with E-state index in [1.807, 2.05) is 6.20 Å². The number of hydrogen-bond donors (Lipinski definition) is 0. The van der Waals surface area contributed by atoms with E-state index in [2.05, 4.69) is 228 Å². The van der Waals surface area contributed by atoms with Crippen molar-refractivity contribution in [2.24, 2.45) is 0 Å². The van der Waals surface area contributed by atoms with Crippen LogP contribution < -0.4 is 0 Å². The summed E-state index contributed by atoms with van der Waals surface area (Å²) in [5, 5.41) is 7.30. The van der Waals surface area contributed by atoms with Crippen molar-refractivity contribution >= 4 is 54.4 Å². The lowest BCUT2D eigenvalue weighted by Crippen LogP contribution is -1.96. The normalized spacial score (nSPS) is 11.7. The monoisotopic (exact) mass is 763 g/mol. The van der Waals surface area contributed by atoms with Crippen molar-refractivity contribution in [2.45, 2.75) is 0 Å². The minimum atomic E-state index is 0.994. The molecule has 60 heavy (non-hydrogen) atoms. The van der Waals surface area contributed by atoms with Crippen LogP contribution in [0.3, 0.4) is 0 Å². The zero-order valence-corrected chi connectivity index (χ0v) is 32.7. The van der Waals surface area contributed by atoms with Crippen LogP contribution in [0.1, 0.15) is 0 Å². The molecule has 12 rings (SSSR count). The van der Waals surface area contributed by atoms with Gasteiger partial charge < -0.3 is 9.13 Å². The molecule has 3 aromatic heterocycles. The van der Waals surface area contributed by atoms with E-state index < -0.39 is 0 Å². The second-order valence-corrected chi connectivity index (χ2v) is 15.6. The largest absolute Gasteiger partial charge is 0.309 e. The number of rotatable bonds is 6. The van der Waals surface area contributed by atoms with Gasteiger partial charge in [-0.1, -0.05) is 140 Å². The number of aromatic nitrogens is 3. The Hall–Kier alpha value is -8.01. The Morgan fingerprint density at radius 3 is 1.43 bits per heavy atom. The van der Waals surface area contributed by atoms with Crippen molar-refractivity contribution in [1.82, 2.24) is 14.1 Å². The van der Waals surface area contributed by atoms with E-state index in [4.69, 9.17) is 4.98 Å². The van der Waals surface area contributed by atoms with Crippen LogP contribution in [0.2, 0.25) is 0 Å². The lowest BCUT2D eigenvalue weighted by atomic mass is 9.95. The van der Waals surface area contributed by atoms with E-state index >= 15 is 0 Å². The molecule has 0 unspecified atom stereocenters. The summed E-state index contributed by atoms with van der Waals surface area (Å²) < 4.78 is 4.82. The molecule has 0 saturated heterocycles. The maximum Gasteiger partial charge on any atom is 0.0780 e. The van der Waals surface area contributed by atoms with E-state index in [0.717, 1.165) is 33.5 Å². The Morgan fingerprint density at radius 1 is 0.267 bits per heavy atom. The van der Waals surface area contributed by atoms with Crippen LogP contribution in [0, 0.1) is 0 Å². The molecule has 0 N–H and O–H groups in total. The van der Waals surface area contributed by atoms with Crippen molar-refractivity contribution in [3.63, 3.8) is 0 Å². The molecule has 0 aliphatic heterocycles. The van der Waals surface area contributed by atoms with E-state index in [1.165, 1.54) is 76.9 Å². The first-order valence-electron chi connectivity index (χ1n) is 20.5. The first-order chi connectivity index (χ1) is 29.7. The minimum absolute atomic E-state index is 0.994. The number of hydrogen-bond acceptors (Lipinski definition) is 1. The Kier molecular flexibility index (Phi) is 7.85. The molecular weight excluding hydrogens is 727 g/mol. The number of pyridine rings is 1. The molecule has 280 valence electrons. The van der Waals surface area contributed by atoms with E-state index in [-0.39, 0.29) is 0 Å². The van der Waals surface area contributed by atoms with Gasteiger partial charge in [0.15, 0.2) is 0 Å². The Balaban J connectivity index is 1.03. The van der Waals surface area contributed by atoms with E-state index in [0.29, 0.717) is 0 Å². The molecule has 3 heterocycles. The molecule has 0 radical (unpaired) electrons. The van der Waals surface area contributed by atoms with Gasteiger partial charge in [-0.05, 0) is 118 Å². The first kappa shape index (κ1) is 34.1. The average Bonchev–Trinajstić information content (AvgIpc) is 3.84. The highest BCUT2D eigenvalue weighted by Crippen LogP contribution is 2.40. The number of benzene rings is 9. The predicted molar refractivity (Wildman–Crippen MR) is 252 cm³/mol. The van der Waals surface area contributed by atoms with Gasteiger partial charge in [-0.15, -0.1) is 0 Å². The molecule has 12 aromatic rings. The summed E-state index contributed by atoms with van der Waals surface area (Å²) in [5.41, 5.74) is 16.2. The van der Waals surface area contributed by atoms with Gasteiger partial charge in [0, 0.05) is 50.1 Å². The molecule has 9 aromatic carbocycles. The van der Waals surface area contributed by atoms with Gasteiger partial charge >= 0.3 is 0 Å². The molecule has 0 bridgehead atoms. The predicted octanol–water partition coefficient (Wildman–Crippen LogP) is 15.1. The maximum atomic E-state index is 4.87. The molecule has 0 saturated carbocycles. The van der Waals surface area contributed by atoms with Gasteiger partial charge in [-0.2, -0.15) is 0 Å². The van der Waals surface area contributed by atoms with Crippen LogP contribution in [-0.2, 0) is 0 Å². The molecule has 0 amide bonds. The highest BCUT2D eigenvalue weighted by molar-refractivity contribution is 6.13. The van der Waals surface area contributed by atoms with Crippen LogP contribution >= 0.6 is 0 Å². The van der Waals surface area contributed by atoms with Gasteiger partial charge in [0.1, 0.15) is 0 Å². The molecule has 0 aliphatic rings. The molecule has 0 spiro atoms. The fourth-order valence-electron chi connectivity index (χ4n) is 9.34. The second-order valence-electron chi connectivity index (χ2n) is 15.6. The molecule has 3 heteroatoms. The summed E-state index contributed by atoms with van der Waals surface area (Å²) in [4.78, 5) is 4.87. The lowest BCUT2D eigenvalue weighted by Gasteiger charge is -2.15. The quantitative estimate of drug-likeness (QED) is 0.165. The molecule has 0 fully saturated rings. The van der Waals surface area contributed by atoms with Crippen LogP contribution in [0.4, 0.5) is 0 Å². The summed E-state index contributed by atoms with van der Waals surface area (Å²) in [6.07, 6.45) is 1.91. The van der Waals surface area contributed by atoms with Gasteiger partial charge in [0.2, 0.25) is 0 Å². The summed E-state index contributed by atoms with van der Waals surface area (Å²) in [6, 6.07) is 79.2. The molecule has 0 atom stereocenters. The first-order valence-corrected chi connectivity index (χ1v) is 20.5. The third-order valence-corrected chi connectivity index (χ3v) is 12.1. The van der Waals surface area contributed by atoms with Gasteiger partial charge in [0.25, 0.3) is 0 Å². The van der Waals surface area contributed by atoms with E-state index in [1.54, 1.807) is 0 Å². The Morgan fingerprint density at radius 2 is 0.750 bits per heavy atom. The standard InChI is InChI=1S/C57H37N3/c1-3-14-38(15-4-1)44-33-45(40-17-13-18-43(32-40)57-48-21-8-7-16-39(48)30-31-58-57)35-47(34-44)60-54-25-12-10-23-50(54)52-37-42(27-29-56(52)60)41-26-28-55-51(36-41)49-22-9-11-24-53(49)59(55)46-19-5-2-6-20-46/h1-37H. The summed E-state index contributed by atoms with van der Waals surface area (Å²) in [7, 11) is 0. The maximum absolute atomic E-state index is 4.87. The topological polar surface area (TPSA) is 22.8 Å². The Bertz CT molecular complexity index is 3590. The summed E-state index contributed by atoms with van der Waals surface area (Å²) >= 11 is 0. The van der Waals surface area contributed by atoms with Crippen LogP contribution in [0.15, 0.2) is 225 Å². The van der Waals surface area contributed by atoms with Gasteiger partial charge in [-0.3, -0.25) is 4.98 Å². The summed E-state index contributed by atoms with van der Waals surface area (Å²) in [5.74, 6) is 0. The highest BCUT2D eigenvalue weighted by Gasteiger charge is 2.18. The average molecular weight is 764 g/mol. The summed E-state index contributed by atoms with van der Waals surface area (Å²) in [6.45, 7) is 0. The third kappa shape index (κ3) is 5.55. The van der Waals surface area contributed by atoms with E-state index in [9.17, 15) is 0 Å². The fourth-order valence-corrected chi connectivity index (χ4v) is 9.34. The Labute approximate surface area is 347 Å². The number of nitrogens with zero attached hydrogens (tertiary/aromatic N) is 3. The molecular formula is C57H37N3. The van der Waals surface area contributed by atoms with Gasteiger partial charge in [-0.25, -0.2) is 0 Å². The van der Waals surface area contributed by atoms with Crippen LogP contribution in [0.5, 0.6) is 0 Å². The number of para-hydroxylation sites is 3. The van der Waals surface area contributed by atoms with Gasteiger partial charge in [0.05, 0.1) is 27.8 Å². The van der Waals surface area contributed by atoms with Crippen molar-refractivity contribution in [1.29, 1.82) is 0 Å². The smallest absolute Gasteiger partial charge is 0.0780 e. The highest BCUT2D eigenvalue weighted by atomic mass is 15.0. The van der Waals surface area contributed by atoms with Crippen LogP contribution in [-0.4, -0.2) is 14.1 Å². The minimum Gasteiger partial charge on any atom is -0.309 e. The zero-order valence-electron chi connectivity index (χ0n) is 32.7. The van der Waals surface area contributed by atoms with Crippen molar-refractivity contribution in [2.75, 3.05) is 0 Å². The second kappa shape index (κ2) is 13.8. The fraction of sp³-hybridized carbons (Fsp3) is 0. The van der Waals surface area contributed by atoms with Crippen molar-refractivity contribution in [3.05, 3.63) is 225 Å². The SMILES string of the molecule is c1ccc(-c2cc(-c3cccc(-c4nccc5ccccc45)c3)cc(-n3c4ccccc4c4cc(-c5ccc6c(c5)c5ccccc5n6-c5ccccc5)ccc43)c2)cc1. The zero-order chi connectivity index (χ0) is 39.6. The van der Waals surface area contributed by atoms with Crippen molar-refractivity contribution < 1.29 is 0 Å². The molecule has 3 nitrogen and oxygen atoms in total. The third-order valence-electron chi connectivity index (χ3n) is 12.1.